The number of aliphatic hydroxyl groups is 2. The molecule has 204 valence electrons. The summed E-state index contributed by atoms with van der Waals surface area (Å²) in [4.78, 5) is 17.2. The molecule has 0 amide bonds. The first-order valence-corrected chi connectivity index (χ1v) is 15.1. The van der Waals surface area contributed by atoms with Crippen LogP contribution in [0.25, 0.3) is 0 Å². The summed E-state index contributed by atoms with van der Waals surface area (Å²) in [7, 11) is -4.58. The molecule has 2 unspecified atom stereocenters. The van der Waals surface area contributed by atoms with E-state index in [0.717, 1.165) is 38.5 Å². The molecule has 1 aliphatic rings. The maximum Gasteiger partial charge on any atom is 1.00 e. The second-order valence-electron chi connectivity index (χ2n) is 9.84. The van der Waals surface area contributed by atoms with Gasteiger partial charge < -0.3 is 14.8 Å². The van der Waals surface area contributed by atoms with Gasteiger partial charge in [0.2, 0.25) is 5.78 Å². The third-order valence-corrected chi connectivity index (χ3v) is 7.43. The Kier molecular flexibility index (Phi) is 20.7. The van der Waals surface area contributed by atoms with Crippen molar-refractivity contribution in [1.29, 1.82) is 0 Å². The van der Waals surface area contributed by atoms with E-state index in [4.69, 9.17) is 0 Å². The van der Waals surface area contributed by atoms with Crippen LogP contribution < -0.4 is 29.6 Å². The monoisotopic (exact) mass is 539 g/mol. The molecule has 0 aromatic heterocycles. The van der Waals surface area contributed by atoms with Gasteiger partial charge in [0.15, 0.2) is 0 Å². The second-order valence-corrected chi connectivity index (χ2v) is 11.3. The van der Waals surface area contributed by atoms with Crippen molar-refractivity contribution < 1.29 is 62.0 Å². The number of unbranched alkanes of at least 4 members (excludes halogenated alkanes) is 11. The summed E-state index contributed by atoms with van der Waals surface area (Å²) in [5, 5.41) is 19.6. The number of carbonyl (C=O) groups is 1. The Morgan fingerprint density at radius 2 is 1.58 bits per heavy atom. The van der Waals surface area contributed by atoms with E-state index in [1.807, 2.05) is 0 Å². The minimum atomic E-state index is -4.58. The fraction of sp³-hybridized carbons (Fsp3) is 0.846. The molecule has 0 aromatic carbocycles. The fourth-order valence-corrected chi connectivity index (χ4v) is 5.37. The Hall–Kier alpha value is -0.130. The van der Waals surface area contributed by atoms with Gasteiger partial charge in [-0.2, -0.15) is 0 Å². The van der Waals surface area contributed by atoms with Crippen LogP contribution in [0.2, 0.25) is 0 Å². The van der Waals surface area contributed by atoms with Crippen molar-refractivity contribution in [3.05, 3.63) is 12.2 Å². The number of aliphatic hydroxyl groups excluding tert-OH is 2. The molecule has 1 aliphatic heterocycles. The molecular formula is C26H48N2NaO6S+. The summed E-state index contributed by atoms with van der Waals surface area (Å²) < 4.78 is 32.9. The fourth-order valence-electron chi connectivity index (χ4n) is 4.79. The molecule has 2 N–H and O–H groups in total. The van der Waals surface area contributed by atoms with Crippen LogP contribution in [0.3, 0.4) is 0 Å². The van der Waals surface area contributed by atoms with Crippen LogP contribution in [0.5, 0.6) is 0 Å². The summed E-state index contributed by atoms with van der Waals surface area (Å²) in [5.41, 5.74) is 0. The maximum absolute atomic E-state index is 12.8. The molecule has 0 spiro atoms. The van der Waals surface area contributed by atoms with Gasteiger partial charge >= 0.3 is 29.6 Å². The molecular weight excluding hydrogens is 491 g/mol. The van der Waals surface area contributed by atoms with Gasteiger partial charge in [0.05, 0.1) is 29.0 Å². The number of aliphatic imine (C=N–C) groups is 1. The number of Topliss-reactive ketones (excluding diaryl/α,β-unsaturated/α-hetero) is 1. The van der Waals surface area contributed by atoms with E-state index in [1.54, 1.807) is 0 Å². The first-order valence-electron chi connectivity index (χ1n) is 13.6. The molecule has 0 aliphatic carbocycles. The van der Waals surface area contributed by atoms with Gasteiger partial charge in [0.25, 0.3) is 5.84 Å². The van der Waals surface area contributed by atoms with Crippen LogP contribution in [0.15, 0.2) is 17.1 Å². The Labute approximate surface area is 241 Å². The maximum atomic E-state index is 12.8. The number of ketones is 1. The van der Waals surface area contributed by atoms with E-state index in [0.29, 0.717) is 19.5 Å². The molecule has 0 radical (unpaired) electrons. The third-order valence-electron chi connectivity index (χ3n) is 6.64. The van der Waals surface area contributed by atoms with Crippen molar-refractivity contribution in [3.8, 4) is 0 Å². The zero-order chi connectivity index (χ0) is 26.0. The van der Waals surface area contributed by atoms with E-state index >= 15 is 0 Å². The summed E-state index contributed by atoms with van der Waals surface area (Å²) in [6, 6.07) is 0. The molecule has 0 aromatic rings. The van der Waals surface area contributed by atoms with Crippen LogP contribution in [-0.4, -0.2) is 83.9 Å². The Morgan fingerprint density at radius 1 is 1.03 bits per heavy atom. The second kappa shape index (κ2) is 20.8. The smallest absolute Gasteiger partial charge is 0.748 e. The number of nitrogens with zero attached hydrogens (tertiary/aromatic N) is 2. The topological polar surface area (TPSA) is 127 Å². The minimum absolute atomic E-state index is 0. The normalized spacial score (nSPS) is 18.8. The predicted octanol–water partition coefficient (Wildman–Crippen LogP) is 0.724. The molecule has 2 atom stereocenters. The quantitative estimate of drug-likeness (QED) is 0.0686. The van der Waals surface area contributed by atoms with Gasteiger partial charge in [-0.05, 0) is 32.1 Å². The number of allylic oxidation sites excluding steroid dienone is 2. The van der Waals surface area contributed by atoms with E-state index in [1.165, 1.54) is 44.9 Å². The summed E-state index contributed by atoms with van der Waals surface area (Å²) in [6.45, 7) is 2.85. The van der Waals surface area contributed by atoms with Crippen LogP contribution in [0.1, 0.15) is 96.8 Å². The molecule has 1 rings (SSSR count). The van der Waals surface area contributed by atoms with Crippen molar-refractivity contribution in [2.24, 2.45) is 4.99 Å². The Bertz CT molecular complexity index is 760. The van der Waals surface area contributed by atoms with Gasteiger partial charge in [-0.25, -0.2) is 13.4 Å². The van der Waals surface area contributed by atoms with Gasteiger partial charge in [-0.3, -0.25) is 9.28 Å². The average molecular weight is 540 g/mol. The third kappa shape index (κ3) is 16.0. The van der Waals surface area contributed by atoms with E-state index in [9.17, 15) is 28.0 Å². The first-order chi connectivity index (χ1) is 16.7. The molecule has 0 fully saturated rings. The van der Waals surface area contributed by atoms with Crippen molar-refractivity contribution in [3.63, 3.8) is 0 Å². The van der Waals surface area contributed by atoms with Crippen molar-refractivity contribution >= 4 is 21.7 Å². The van der Waals surface area contributed by atoms with Gasteiger partial charge in [-0.15, -0.1) is 0 Å². The van der Waals surface area contributed by atoms with Gasteiger partial charge in [0.1, 0.15) is 25.7 Å². The standard InChI is InChI=1S/C26H48N2O6S.Na/c1-2-3-4-5-6-7-8-9-10-11-12-13-14-15-16-17-25(31)26-27-18-19-28(26,20-21-29)22-24(30)23-35(32,33)34;/h9-10,24,29-30H,2-8,11-23H2,1H3;/q;+1/b10-9+;. The molecule has 8 nitrogen and oxygen atoms in total. The molecule has 1 heterocycles. The first kappa shape index (κ1) is 35.9. The zero-order valence-corrected chi connectivity index (χ0v) is 25.5. The SMILES string of the molecule is CCCCCCCC/C=C/CCCCCCCC(=O)C1=NCC[N+]1(CCO)CC(O)CS(=O)(=O)[O-].[Na+]. The van der Waals surface area contributed by atoms with Gasteiger partial charge in [-0.1, -0.05) is 70.4 Å². The number of hydrogen-bond donors (Lipinski definition) is 2. The molecule has 0 bridgehead atoms. The number of hydrogen-bond acceptors (Lipinski definition) is 7. The van der Waals surface area contributed by atoms with Crippen LogP contribution in [-0.2, 0) is 14.9 Å². The number of carbonyl (C=O) groups excluding carboxylic acids is 1. The summed E-state index contributed by atoms with van der Waals surface area (Å²) in [5.74, 6) is -0.739. The number of quaternary nitrogens is 1. The Morgan fingerprint density at radius 3 is 2.14 bits per heavy atom. The van der Waals surface area contributed by atoms with E-state index < -0.39 is 22.0 Å². The predicted molar refractivity (Wildman–Crippen MR) is 139 cm³/mol. The van der Waals surface area contributed by atoms with Crippen molar-refractivity contribution in [1.82, 2.24) is 0 Å². The largest absolute Gasteiger partial charge is 1.00 e. The number of rotatable bonds is 22. The van der Waals surface area contributed by atoms with Crippen molar-refractivity contribution in [2.45, 2.75) is 103 Å². The zero-order valence-electron chi connectivity index (χ0n) is 22.7. The van der Waals surface area contributed by atoms with Crippen LogP contribution >= 0.6 is 0 Å². The van der Waals surface area contributed by atoms with Crippen LogP contribution in [0.4, 0.5) is 0 Å². The van der Waals surface area contributed by atoms with E-state index in [-0.39, 0.29) is 65.4 Å². The molecule has 36 heavy (non-hydrogen) atoms. The molecule has 10 heteroatoms. The summed E-state index contributed by atoms with van der Waals surface area (Å²) >= 11 is 0. The number of amidine groups is 1. The van der Waals surface area contributed by atoms with E-state index in [2.05, 4.69) is 24.1 Å². The minimum Gasteiger partial charge on any atom is -0.748 e. The molecule has 0 saturated heterocycles. The van der Waals surface area contributed by atoms with Gasteiger partial charge in [0, 0.05) is 6.42 Å². The molecule has 0 saturated carbocycles. The summed E-state index contributed by atoms with van der Waals surface area (Å²) in [6.07, 6.45) is 18.9. The Balaban J connectivity index is 0.0000122. The average Bonchev–Trinajstić information content (AvgIpc) is 3.18. The van der Waals surface area contributed by atoms with Crippen LogP contribution in [0, 0.1) is 0 Å². The van der Waals surface area contributed by atoms with Crippen molar-refractivity contribution in [2.75, 3.05) is 38.5 Å².